The summed E-state index contributed by atoms with van der Waals surface area (Å²) in [6, 6.07) is 13.3. The third-order valence-electron chi connectivity index (χ3n) is 4.05. The van der Waals surface area contributed by atoms with Crippen molar-refractivity contribution in [2.45, 2.75) is 12.2 Å². The van der Waals surface area contributed by atoms with Gasteiger partial charge < -0.3 is 9.47 Å². The van der Waals surface area contributed by atoms with Crippen molar-refractivity contribution in [1.29, 1.82) is 0 Å². The molecule has 24 heavy (non-hydrogen) atoms. The van der Waals surface area contributed by atoms with E-state index in [1.807, 2.05) is 0 Å². The molecular weight excluding hydrogens is 377 g/mol. The molecule has 4 nitrogen and oxygen atoms in total. The fraction of sp³-hybridized carbons (Fsp3) is 0.278. The van der Waals surface area contributed by atoms with Crippen LogP contribution < -0.4 is 4.74 Å². The van der Waals surface area contributed by atoms with Crippen molar-refractivity contribution in [3.05, 3.63) is 64.1 Å². The maximum atomic E-state index is 15.3. The van der Waals surface area contributed by atoms with Gasteiger partial charge in [-0.05, 0) is 35.4 Å². The van der Waals surface area contributed by atoms with E-state index in [1.165, 1.54) is 4.90 Å². The molecule has 1 amide bonds. The Labute approximate surface area is 148 Å². The molecule has 2 aromatic carbocycles. The molecule has 3 rings (SSSR count). The quantitative estimate of drug-likeness (QED) is 0.741. The van der Waals surface area contributed by atoms with Gasteiger partial charge in [0.25, 0.3) is 0 Å². The lowest BCUT2D eigenvalue weighted by atomic mass is 9.95. The Morgan fingerprint density at radius 1 is 1.12 bits per heavy atom. The Morgan fingerprint density at radius 3 is 2.29 bits per heavy atom. The second kappa shape index (κ2) is 7.21. The summed E-state index contributed by atoms with van der Waals surface area (Å²) in [6.07, 6.45) is -1.85. The van der Waals surface area contributed by atoms with Crippen molar-refractivity contribution in [3.8, 4) is 5.75 Å². The van der Waals surface area contributed by atoms with Crippen molar-refractivity contribution >= 4 is 22.0 Å². The van der Waals surface area contributed by atoms with Gasteiger partial charge in [-0.2, -0.15) is 0 Å². The first-order valence-electron chi connectivity index (χ1n) is 7.57. The number of hydrogen-bond donors (Lipinski definition) is 0. The first-order valence-corrected chi connectivity index (χ1v) is 8.36. The van der Waals surface area contributed by atoms with Crippen LogP contribution in [0.4, 0.5) is 9.18 Å². The van der Waals surface area contributed by atoms with Gasteiger partial charge in [-0.3, -0.25) is 4.90 Å². The SMILES string of the molecule is COc1ccc([C@H]([C@@H](F)c2ccc(Br)cc2)N2CCOC2=O)cc1. The highest BCUT2D eigenvalue weighted by molar-refractivity contribution is 9.10. The fourth-order valence-corrected chi connectivity index (χ4v) is 3.06. The van der Waals surface area contributed by atoms with Gasteiger partial charge in [-0.25, -0.2) is 9.18 Å². The zero-order valence-corrected chi connectivity index (χ0v) is 14.7. The number of amides is 1. The largest absolute Gasteiger partial charge is 0.497 e. The highest BCUT2D eigenvalue weighted by Crippen LogP contribution is 2.39. The molecule has 0 saturated carbocycles. The molecule has 6 heteroatoms. The Kier molecular flexibility index (Phi) is 5.04. The van der Waals surface area contributed by atoms with E-state index in [4.69, 9.17) is 9.47 Å². The normalized spacial score (nSPS) is 16.6. The second-order valence-corrected chi connectivity index (χ2v) is 6.39. The van der Waals surface area contributed by atoms with Crippen molar-refractivity contribution in [1.82, 2.24) is 4.90 Å². The van der Waals surface area contributed by atoms with Gasteiger partial charge in [0.2, 0.25) is 0 Å². The molecule has 1 saturated heterocycles. The minimum absolute atomic E-state index is 0.276. The molecular formula is C18H17BrFNO3. The zero-order chi connectivity index (χ0) is 17.1. The number of nitrogens with zero attached hydrogens (tertiary/aromatic N) is 1. The summed E-state index contributed by atoms with van der Waals surface area (Å²) in [6.45, 7) is 0.644. The predicted molar refractivity (Wildman–Crippen MR) is 91.8 cm³/mol. The van der Waals surface area contributed by atoms with Crippen LogP contribution in [0.5, 0.6) is 5.75 Å². The number of ether oxygens (including phenoxy) is 2. The van der Waals surface area contributed by atoms with Crippen molar-refractivity contribution < 1.29 is 18.7 Å². The first kappa shape index (κ1) is 16.8. The van der Waals surface area contributed by atoms with E-state index in [1.54, 1.807) is 55.6 Å². The highest BCUT2D eigenvalue weighted by atomic mass is 79.9. The molecule has 0 N–H and O–H groups in total. The average molecular weight is 394 g/mol. The number of cyclic esters (lactones) is 1. The van der Waals surface area contributed by atoms with E-state index in [0.29, 0.717) is 23.4 Å². The van der Waals surface area contributed by atoms with Gasteiger partial charge in [-0.15, -0.1) is 0 Å². The molecule has 1 aliphatic heterocycles. The maximum Gasteiger partial charge on any atom is 0.410 e. The molecule has 1 heterocycles. The molecule has 1 aliphatic rings. The van der Waals surface area contributed by atoms with Crippen LogP contribution in [-0.4, -0.2) is 31.3 Å². The minimum Gasteiger partial charge on any atom is -0.497 e. The Balaban J connectivity index is 1.97. The van der Waals surface area contributed by atoms with E-state index >= 15 is 4.39 Å². The number of alkyl halides is 1. The highest BCUT2D eigenvalue weighted by Gasteiger charge is 2.37. The summed E-state index contributed by atoms with van der Waals surface area (Å²) >= 11 is 3.35. The number of carbonyl (C=O) groups is 1. The first-order chi connectivity index (χ1) is 11.6. The van der Waals surface area contributed by atoms with Gasteiger partial charge in [0.1, 0.15) is 18.5 Å². The number of rotatable bonds is 5. The predicted octanol–water partition coefficient (Wildman–Crippen LogP) is 4.66. The molecule has 0 bridgehead atoms. The molecule has 126 valence electrons. The number of carbonyl (C=O) groups excluding carboxylic acids is 1. The zero-order valence-electron chi connectivity index (χ0n) is 13.1. The molecule has 2 atom stereocenters. The number of methoxy groups -OCH3 is 1. The van der Waals surface area contributed by atoms with Crippen LogP contribution in [0, 0.1) is 0 Å². The Bertz CT molecular complexity index is 705. The lowest BCUT2D eigenvalue weighted by Crippen LogP contribution is -2.32. The van der Waals surface area contributed by atoms with E-state index in [2.05, 4.69) is 15.9 Å². The second-order valence-electron chi connectivity index (χ2n) is 5.48. The van der Waals surface area contributed by atoms with Gasteiger partial charge in [0.15, 0.2) is 0 Å². The van der Waals surface area contributed by atoms with Crippen LogP contribution in [0.15, 0.2) is 53.0 Å². The standard InChI is InChI=1S/C18H17BrFNO3/c1-23-15-8-4-13(5-9-15)17(21-10-11-24-18(21)22)16(20)12-2-6-14(19)7-3-12/h2-9,16-17H,10-11H2,1H3/t16-,17+/m0/s1. The van der Waals surface area contributed by atoms with Gasteiger partial charge in [0, 0.05) is 4.47 Å². The van der Waals surface area contributed by atoms with E-state index in [9.17, 15) is 4.79 Å². The molecule has 0 radical (unpaired) electrons. The van der Waals surface area contributed by atoms with Gasteiger partial charge >= 0.3 is 6.09 Å². The van der Waals surface area contributed by atoms with Crippen LogP contribution in [0.25, 0.3) is 0 Å². The third-order valence-corrected chi connectivity index (χ3v) is 4.58. The molecule has 0 aliphatic carbocycles. The van der Waals surface area contributed by atoms with Crippen molar-refractivity contribution in [2.75, 3.05) is 20.3 Å². The van der Waals surface area contributed by atoms with E-state index in [0.717, 1.165) is 4.47 Å². The van der Waals surface area contributed by atoms with Crippen LogP contribution in [0.3, 0.4) is 0 Å². The summed E-state index contributed by atoms with van der Waals surface area (Å²) in [5.74, 6) is 0.681. The van der Waals surface area contributed by atoms with E-state index in [-0.39, 0.29) is 6.61 Å². The Hall–Kier alpha value is -2.08. The fourth-order valence-electron chi connectivity index (χ4n) is 2.80. The topological polar surface area (TPSA) is 38.8 Å². The van der Waals surface area contributed by atoms with Gasteiger partial charge in [0.05, 0.1) is 19.7 Å². The van der Waals surface area contributed by atoms with Crippen molar-refractivity contribution in [2.24, 2.45) is 0 Å². The van der Waals surface area contributed by atoms with Crippen LogP contribution in [-0.2, 0) is 4.74 Å². The lowest BCUT2D eigenvalue weighted by molar-refractivity contribution is 0.119. The number of halogens is 2. The molecule has 1 fully saturated rings. The van der Waals surface area contributed by atoms with Crippen LogP contribution in [0.1, 0.15) is 23.3 Å². The molecule has 0 spiro atoms. The number of benzene rings is 2. The average Bonchev–Trinajstić information content (AvgIpc) is 3.02. The summed E-state index contributed by atoms with van der Waals surface area (Å²) in [7, 11) is 1.57. The van der Waals surface area contributed by atoms with E-state index < -0.39 is 18.3 Å². The lowest BCUT2D eigenvalue weighted by Gasteiger charge is -2.29. The maximum absolute atomic E-state index is 15.3. The monoisotopic (exact) mass is 393 g/mol. The minimum atomic E-state index is -1.36. The molecule has 0 unspecified atom stereocenters. The van der Waals surface area contributed by atoms with Crippen molar-refractivity contribution in [3.63, 3.8) is 0 Å². The summed E-state index contributed by atoms with van der Waals surface area (Å²) in [5, 5.41) is 0. The third kappa shape index (κ3) is 3.38. The smallest absolute Gasteiger partial charge is 0.410 e. The summed E-state index contributed by atoms with van der Waals surface area (Å²) in [5.41, 5.74) is 1.21. The van der Waals surface area contributed by atoms with Gasteiger partial charge in [-0.1, -0.05) is 40.2 Å². The molecule has 2 aromatic rings. The molecule has 0 aromatic heterocycles. The summed E-state index contributed by atoms with van der Waals surface area (Å²) < 4.78 is 26.4. The van der Waals surface area contributed by atoms with Crippen LogP contribution in [0.2, 0.25) is 0 Å². The van der Waals surface area contributed by atoms with Crippen LogP contribution >= 0.6 is 15.9 Å². The Morgan fingerprint density at radius 2 is 1.75 bits per heavy atom. The summed E-state index contributed by atoms with van der Waals surface area (Å²) in [4.78, 5) is 13.4. The number of hydrogen-bond acceptors (Lipinski definition) is 3.